The van der Waals surface area contributed by atoms with Gasteiger partial charge in [-0.3, -0.25) is 4.90 Å². The first-order valence-corrected chi connectivity index (χ1v) is 6.57. The molecule has 1 aliphatic heterocycles. The van der Waals surface area contributed by atoms with Crippen molar-refractivity contribution < 1.29 is 5.11 Å². The van der Waals surface area contributed by atoms with Gasteiger partial charge in [-0.05, 0) is 49.9 Å². The molecule has 0 aromatic heterocycles. The van der Waals surface area contributed by atoms with Gasteiger partial charge in [0.15, 0.2) is 0 Å². The van der Waals surface area contributed by atoms with E-state index in [1.165, 1.54) is 16.7 Å². The highest BCUT2D eigenvalue weighted by atomic mass is 16.3. The molecule has 1 aromatic carbocycles. The van der Waals surface area contributed by atoms with E-state index in [0.717, 1.165) is 31.6 Å². The molecule has 2 rings (SSSR count). The molecular formula is C16H23NO. The van der Waals surface area contributed by atoms with Gasteiger partial charge >= 0.3 is 0 Å². The molecule has 2 heteroatoms. The van der Waals surface area contributed by atoms with Crippen molar-refractivity contribution in [2.45, 2.75) is 39.3 Å². The van der Waals surface area contributed by atoms with E-state index in [2.05, 4.69) is 29.7 Å². The van der Waals surface area contributed by atoms with Crippen LogP contribution in [-0.4, -0.2) is 28.7 Å². The lowest BCUT2D eigenvalue weighted by molar-refractivity contribution is 0.0318. The first-order chi connectivity index (χ1) is 8.35. The number of allylic oxidation sites excluding steroid dienone is 1. The summed E-state index contributed by atoms with van der Waals surface area (Å²) in [7, 11) is 0. The van der Waals surface area contributed by atoms with Crippen molar-refractivity contribution in [3.63, 3.8) is 0 Å². The molecule has 1 heterocycles. The topological polar surface area (TPSA) is 23.5 Å². The Morgan fingerprint density at radius 2 is 2.11 bits per heavy atom. The molecule has 0 unspecified atom stereocenters. The predicted octanol–water partition coefficient (Wildman–Crippen LogP) is 2.85. The van der Waals surface area contributed by atoms with Gasteiger partial charge in [0.2, 0.25) is 0 Å². The average Bonchev–Trinajstić information content (AvgIpc) is 2.25. The number of rotatable bonds is 3. The summed E-state index contributed by atoms with van der Waals surface area (Å²) in [6, 6.07) is 6.63. The van der Waals surface area contributed by atoms with Gasteiger partial charge < -0.3 is 5.11 Å². The maximum Gasteiger partial charge on any atom is 0.0718 e. The third-order valence-corrected chi connectivity index (χ3v) is 3.40. The Bertz CT molecular complexity index is 457. The van der Waals surface area contributed by atoms with Crippen LogP contribution in [0.25, 0.3) is 5.57 Å². The van der Waals surface area contributed by atoms with E-state index in [1.807, 2.05) is 20.8 Å². The van der Waals surface area contributed by atoms with Crippen molar-refractivity contribution in [2.24, 2.45) is 0 Å². The summed E-state index contributed by atoms with van der Waals surface area (Å²) >= 11 is 0. The van der Waals surface area contributed by atoms with Gasteiger partial charge in [-0.1, -0.05) is 24.3 Å². The van der Waals surface area contributed by atoms with Crippen LogP contribution in [0, 0.1) is 0 Å². The second kappa shape index (κ2) is 4.87. The van der Waals surface area contributed by atoms with Crippen LogP contribution in [0.4, 0.5) is 0 Å². The number of nitrogens with zero attached hydrogens (tertiary/aromatic N) is 1. The molecule has 0 bridgehead atoms. The van der Waals surface area contributed by atoms with E-state index in [4.69, 9.17) is 0 Å². The first kappa shape index (κ1) is 13.3. The first-order valence-electron chi connectivity index (χ1n) is 6.57. The molecule has 0 saturated heterocycles. The number of β-amino-alcohol motifs (C(OH)–C–C–N with tert-alkyl or cyclic N) is 1. The largest absolute Gasteiger partial charge is 0.389 e. The molecule has 0 radical (unpaired) electrons. The number of benzene rings is 1. The van der Waals surface area contributed by atoms with Crippen LogP contribution in [0.2, 0.25) is 0 Å². The summed E-state index contributed by atoms with van der Waals surface area (Å²) in [5, 5.41) is 9.90. The fraction of sp³-hybridized carbons (Fsp3) is 0.500. The predicted molar refractivity (Wildman–Crippen MR) is 76.4 cm³/mol. The summed E-state index contributed by atoms with van der Waals surface area (Å²) in [4.78, 5) is 2.32. The van der Waals surface area contributed by atoms with Crippen molar-refractivity contribution in [2.75, 3.05) is 13.1 Å². The molecule has 0 atom stereocenters. The second-order valence-electron chi connectivity index (χ2n) is 6.04. The van der Waals surface area contributed by atoms with Gasteiger partial charge in [-0.25, -0.2) is 0 Å². The number of hydrogen-bond acceptors (Lipinski definition) is 2. The highest BCUT2D eigenvalue weighted by Gasteiger charge is 2.22. The summed E-state index contributed by atoms with van der Waals surface area (Å²) in [6.07, 6.45) is 1.07. The van der Waals surface area contributed by atoms with Gasteiger partial charge in [0, 0.05) is 19.6 Å². The SMILES string of the molecule is C=C(C)c1ccc2c(c1)CN(CC(C)(C)O)CC2. The van der Waals surface area contributed by atoms with Gasteiger partial charge in [-0.15, -0.1) is 0 Å². The molecule has 1 aromatic rings. The lowest BCUT2D eigenvalue weighted by Crippen LogP contribution is -2.41. The molecule has 0 saturated carbocycles. The van der Waals surface area contributed by atoms with E-state index in [0.29, 0.717) is 0 Å². The summed E-state index contributed by atoms with van der Waals surface area (Å²) < 4.78 is 0. The monoisotopic (exact) mass is 245 g/mol. The van der Waals surface area contributed by atoms with Gasteiger partial charge in [0.1, 0.15) is 0 Å². The molecule has 0 amide bonds. The van der Waals surface area contributed by atoms with E-state index in [1.54, 1.807) is 0 Å². The molecule has 1 aliphatic rings. The van der Waals surface area contributed by atoms with Crippen LogP contribution < -0.4 is 0 Å². The maximum absolute atomic E-state index is 9.90. The summed E-state index contributed by atoms with van der Waals surface area (Å²) in [5.74, 6) is 0. The Labute approximate surface area is 110 Å². The zero-order valence-electron chi connectivity index (χ0n) is 11.7. The lowest BCUT2D eigenvalue weighted by atomic mass is 9.94. The van der Waals surface area contributed by atoms with Crippen LogP contribution >= 0.6 is 0 Å². The fourth-order valence-electron chi connectivity index (χ4n) is 2.56. The molecule has 1 N–H and O–H groups in total. The van der Waals surface area contributed by atoms with Gasteiger partial charge in [0.25, 0.3) is 0 Å². The van der Waals surface area contributed by atoms with E-state index < -0.39 is 5.60 Å². The van der Waals surface area contributed by atoms with Crippen LogP contribution in [-0.2, 0) is 13.0 Å². The Balaban J connectivity index is 2.17. The highest BCUT2D eigenvalue weighted by molar-refractivity contribution is 5.62. The van der Waals surface area contributed by atoms with Crippen molar-refractivity contribution >= 4 is 5.57 Å². The molecule has 98 valence electrons. The van der Waals surface area contributed by atoms with Crippen molar-refractivity contribution in [3.8, 4) is 0 Å². The van der Waals surface area contributed by atoms with E-state index in [9.17, 15) is 5.11 Å². The van der Waals surface area contributed by atoms with Crippen molar-refractivity contribution in [1.29, 1.82) is 0 Å². The molecule has 0 aliphatic carbocycles. The maximum atomic E-state index is 9.90. The van der Waals surface area contributed by atoms with Crippen LogP contribution in [0.15, 0.2) is 24.8 Å². The van der Waals surface area contributed by atoms with Crippen molar-refractivity contribution in [1.82, 2.24) is 4.90 Å². The van der Waals surface area contributed by atoms with Crippen molar-refractivity contribution in [3.05, 3.63) is 41.5 Å². The summed E-state index contributed by atoms with van der Waals surface area (Å²) in [6.45, 7) is 12.5. The standard InChI is InChI=1S/C16H23NO/c1-12(2)14-6-5-13-7-8-17(10-15(13)9-14)11-16(3,4)18/h5-6,9,18H,1,7-8,10-11H2,2-4H3. The second-order valence-corrected chi connectivity index (χ2v) is 6.04. The number of hydrogen-bond donors (Lipinski definition) is 1. The van der Waals surface area contributed by atoms with Crippen LogP contribution in [0.5, 0.6) is 0 Å². The third-order valence-electron chi connectivity index (χ3n) is 3.40. The molecular weight excluding hydrogens is 222 g/mol. The highest BCUT2D eigenvalue weighted by Crippen LogP contribution is 2.24. The Kier molecular flexibility index (Phi) is 3.60. The third kappa shape index (κ3) is 3.21. The van der Waals surface area contributed by atoms with E-state index >= 15 is 0 Å². The Hall–Kier alpha value is -1.12. The zero-order chi connectivity index (χ0) is 13.3. The summed E-state index contributed by atoms with van der Waals surface area (Å²) in [5.41, 5.74) is 4.53. The molecule has 18 heavy (non-hydrogen) atoms. The van der Waals surface area contributed by atoms with Gasteiger partial charge in [0.05, 0.1) is 5.60 Å². The quantitative estimate of drug-likeness (QED) is 0.885. The Morgan fingerprint density at radius 3 is 2.72 bits per heavy atom. The minimum atomic E-state index is -0.622. The number of aliphatic hydroxyl groups is 1. The normalized spacial score (nSPS) is 16.4. The Morgan fingerprint density at radius 1 is 1.39 bits per heavy atom. The molecule has 0 fully saturated rings. The minimum Gasteiger partial charge on any atom is -0.389 e. The smallest absolute Gasteiger partial charge is 0.0718 e. The van der Waals surface area contributed by atoms with Crippen LogP contribution in [0.3, 0.4) is 0 Å². The molecule has 0 spiro atoms. The average molecular weight is 245 g/mol. The van der Waals surface area contributed by atoms with E-state index in [-0.39, 0.29) is 0 Å². The lowest BCUT2D eigenvalue weighted by Gasteiger charge is -2.33. The minimum absolute atomic E-state index is 0.622. The number of fused-ring (bicyclic) bond motifs is 1. The zero-order valence-corrected chi connectivity index (χ0v) is 11.7. The van der Waals surface area contributed by atoms with Gasteiger partial charge in [-0.2, -0.15) is 0 Å². The van der Waals surface area contributed by atoms with Crippen LogP contribution in [0.1, 0.15) is 37.5 Å². The molecule has 2 nitrogen and oxygen atoms in total. The fourth-order valence-corrected chi connectivity index (χ4v) is 2.56.